The second kappa shape index (κ2) is 9.53. The Morgan fingerprint density at radius 3 is 2.59 bits per heavy atom. The van der Waals surface area contributed by atoms with E-state index < -0.39 is 11.9 Å². The molecular weight excluding hydrogens is 518 g/mol. The van der Waals surface area contributed by atoms with E-state index in [9.17, 15) is 19.2 Å². The van der Waals surface area contributed by atoms with Crippen LogP contribution in [0.1, 0.15) is 73.9 Å². The van der Waals surface area contributed by atoms with Crippen LogP contribution in [0.2, 0.25) is 0 Å². The molecule has 7 rings (SSSR count). The van der Waals surface area contributed by atoms with Crippen LogP contribution in [0.5, 0.6) is 0 Å². The van der Waals surface area contributed by atoms with Gasteiger partial charge in [0.25, 0.3) is 5.91 Å². The first-order chi connectivity index (χ1) is 19.7. The molecule has 212 valence electrons. The molecule has 9 nitrogen and oxygen atoms in total. The summed E-state index contributed by atoms with van der Waals surface area (Å²) in [4.78, 5) is 54.3. The maximum Gasteiger partial charge on any atom is 0.259 e. The van der Waals surface area contributed by atoms with Crippen molar-refractivity contribution in [1.82, 2.24) is 20.0 Å². The zero-order valence-electron chi connectivity index (χ0n) is 23.6. The first-order valence-electron chi connectivity index (χ1n) is 14.8. The van der Waals surface area contributed by atoms with Crippen molar-refractivity contribution in [3.05, 3.63) is 59.4 Å². The van der Waals surface area contributed by atoms with E-state index in [0.717, 1.165) is 66.4 Å². The maximum atomic E-state index is 13.4. The van der Waals surface area contributed by atoms with Crippen molar-refractivity contribution in [3.63, 3.8) is 0 Å². The maximum absolute atomic E-state index is 13.4. The van der Waals surface area contributed by atoms with Gasteiger partial charge in [-0.05, 0) is 73.6 Å². The van der Waals surface area contributed by atoms with Gasteiger partial charge in [-0.2, -0.15) is 5.10 Å². The number of nitrogens with one attached hydrogen (secondary N) is 1. The summed E-state index contributed by atoms with van der Waals surface area (Å²) >= 11 is 0. The minimum absolute atomic E-state index is 0.142. The lowest BCUT2D eigenvalue weighted by atomic mass is 9.74. The first kappa shape index (κ1) is 25.9. The summed E-state index contributed by atoms with van der Waals surface area (Å²) < 4.78 is 2.07. The van der Waals surface area contributed by atoms with Gasteiger partial charge in [-0.25, -0.2) is 0 Å². The van der Waals surface area contributed by atoms with E-state index >= 15 is 0 Å². The number of aromatic nitrogens is 2. The van der Waals surface area contributed by atoms with Crippen LogP contribution in [0.25, 0.3) is 10.8 Å². The highest BCUT2D eigenvalue weighted by Gasteiger charge is 2.42. The summed E-state index contributed by atoms with van der Waals surface area (Å²) in [5.41, 5.74) is 3.34. The summed E-state index contributed by atoms with van der Waals surface area (Å²) in [6.07, 6.45) is 9.17. The third-order valence-corrected chi connectivity index (χ3v) is 10.0. The van der Waals surface area contributed by atoms with Gasteiger partial charge in [-0.3, -0.25) is 34.1 Å². The standard InChI is InChI=1S/C32H35N5O4/c1-19-6-8-22(19)30(40)35-14-12-32(2,13-15-35)36-18-20(17-33-36)16-21-7-9-25-28-23(21)4-3-5-24(28)31(41)37(25)26-10-11-27(38)34-29(26)39/h3-5,7,9,17-19,22,26H,6,8,10-16H2,1-2H3,(H,34,38,39). The average Bonchev–Trinajstić information content (AvgIpc) is 3.54. The lowest BCUT2D eigenvalue weighted by molar-refractivity contribution is -0.143. The van der Waals surface area contributed by atoms with Gasteiger partial charge in [-0.15, -0.1) is 0 Å². The predicted octanol–water partition coefficient (Wildman–Crippen LogP) is 3.78. The summed E-state index contributed by atoms with van der Waals surface area (Å²) in [5.74, 6) is 0.123. The monoisotopic (exact) mass is 553 g/mol. The fraction of sp³-hybridized carbons (Fsp3) is 0.469. The fourth-order valence-corrected chi connectivity index (χ4v) is 7.13. The van der Waals surface area contributed by atoms with E-state index in [1.54, 1.807) is 4.90 Å². The van der Waals surface area contributed by atoms with E-state index in [1.807, 2.05) is 36.5 Å². The van der Waals surface area contributed by atoms with E-state index in [0.29, 0.717) is 30.2 Å². The Bertz CT molecular complexity index is 1600. The topological polar surface area (TPSA) is 105 Å². The second-order valence-corrected chi connectivity index (χ2v) is 12.6. The van der Waals surface area contributed by atoms with Crippen LogP contribution in [-0.2, 0) is 26.3 Å². The molecule has 2 aromatic carbocycles. The zero-order chi connectivity index (χ0) is 28.5. The highest BCUT2D eigenvalue weighted by Crippen LogP contribution is 2.42. The van der Waals surface area contributed by atoms with Crippen molar-refractivity contribution in [3.8, 4) is 0 Å². The Labute approximate surface area is 238 Å². The minimum Gasteiger partial charge on any atom is -0.342 e. The van der Waals surface area contributed by atoms with E-state index in [-0.39, 0.29) is 29.7 Å². The number of benzene rings is 2. The number of hydrogen-bond donors (Lipinski definition) is 1. The highest BCUT2D eigenvalue weighted by atomic mass is 16.2. The van der Waals surface area contributed by atoms with Crippen molar-refractivity contribution < 1.29 is 19.2 Å². The zero-order valence-corrected chi connectivity index (χ0v) is 23.6. The predicted molar refractivity (Wildman–Crippen MR) is 153 cm³/mol. The number of likely N-dealkylation sites (tertiary alicyclic amines) is 1. The molecule has 3 atom stereocenters. The third kappa shape index (κ3) is 4.16. The van der Waals surface area contributed by atoms with Gasteiger partial charge in [0.1, 0.15) is 6.04 Å². The number of nitrogens with zero attached hydrogens (tertiary/aromatic N) is 4. The molecule has 0 spiro atoms. The van der Waals surface area contributed by atoms with E-state index in [2.05, 4.69) is 34.9 Å². The van der Waals surface area contributed by atoms with Crippen LogP contribution in [0.15, 0.2) is 42.7 Å². The molecule has 1 aliphatic carbocycles. The molecule has 9 heteroatoms. The molecule has 1 aromatic heterocycles. The first-order valence-corrected chi connectivity index (χ1v) is 14.8. The Kier molecular flexibility index (Phi) is 6.03. The van der Waals surface area contributed by atoms with Crippen molar-refractivity contribution >= 4 is 40.1 Å². The van der Waals surface area contributed by atoms with E-state index in [1.165, 1.54) is 0 Å². The van der Waals surface area contributed by atoms with E-state index in [4.69, 9.17) is 5.10 Å². The number of amides is 4. The lowest BCUT2D eigenvalue weighted by Gasteiger charge is -2.43. The van der Waals surface area contributed by atoms with Gasteiger partial charge < -0.3 is 4.90 Å². The summed E-state index contributed by atoms with van der Waals surface area (Å²) in [6, 6.07) is 8.99. The molecule has 41 heavy (non-hydrogen) atoms. The van der Waals surface area contributed by atoms with Crippen LogP contribution in [-0.4, -0.2) is 57.4 Å². The Hall–Kier alpha value is -4.01. The van der Waals surface area contributed by atoms with Crippen molar-refractivity contribution in [2.45, 2.75) is 70.4 Å². The van der Waals surface area contributed by atoms with Crippen molar-refractivity contribution in [2.24, 2.45) is 11.8 Å². The average molecular weight is 554 g/mol. The summed E-state index contributed by atoms with van der Waals surface area (Å²) in [7, 11) is 0. The van der Waals surface area contributed by atoms with Gasteiger partial charge >= 0.3 is 0 Å². The number of piperidine rings is 2. The number of rotatable bonds is 5. The van der Waals surface area contributed by atoms with Crippen LogP contribution in [0, 0.1) is 11.8 Å². The summed E-state index contributed by atoms with van der Waals surface area (Å²) in [6.45, 7) is 5.94. The second-order valence-electron chi connectivity index (χ2n) is 12.6. The van der Waals surface area contributed by atoms with Crippen LogP contribution >= 0.6 is 0 Å². The van der Waals surface area contributed by atoms with Crippen molar-refractivity contribution in [1.29, 1.82) is 0 Å². The van der Waals surface area contributed by atoms with Gasteiger partial charge in [-0.1, -0.05) is 25.1 Å². The molecule has 3 fully saturated rings. The molecule has 1 N–H and O–H groups in total. The lowest BCUT2D eigenvalue weighted by Crippen LogP contribution is -2.53. The van der Waals surface area contributed by atoms with Gasteiger partial charge in [0.05, 0.1) is 17.4 Å². The third-order valence-electron chi connectivity index (χ3n) is 10.0. The van der Waals surface area contributed by atoms with Gasteiger partial charge in [0.2, 0.25) is 17.7 Å². The Morgan fingerprint density at radius 1 is 1.07 bits per heavy atom. The molecule has 3 aromatic rings. The Morgan fingerprint density at radius 2 is 1.88 bits per heavy atom. The van der Waals surface area contributed by atoms with Crippen LogP contribution in [0.3, 0.4) is 0 Å². The van der Waals surface area contributed by atoms with Gasteiger partial charge in [0, 0.05) is 49.0 Å². The minimum atomic E-state index is -0.695. The largest absolute Gasteiger partial charge is 0.342 e. The quantitative estimate of drug-likeness (QED) is 0.485. The van der Waals surface area contributed by atoms with Crippen LogP contribution in [0.4, 0.5) is 5.69 Å². The fourth-order valence-electron chi connectivity index (χ4n) is 7.13. The molecule has 0 radical (unpaired) electrons. The van der Waals surface area contributed by atoms with Crippen molar-refractivity contribution in [2.75, 3.05) is 18.0 Å². The molecule has 4 aliphatic rings. The summed E-state index contributed by atoms with van der Waals surface area (Å²) in [5, 5.41) is 8.98. The number of hydrogen-bond acceptors (Lipinski definition) is 5. The molecule has 0 bridgehead atoms. The molecule has 1 saturated carbocycles. The molecule has 2 saturated heterocycles. The Balaban J connectivity index is 1.10. The molecule has 3 unspecified atom stereocenters. The molecule has 3 aliphatic heterocycles. The molecular formula is C32H35N5O4. The molecule has 4 heterocycles. The highest BCUT2D eigenvalue weighted by molar-refractivity contribution is 6.27. The normalized spacial score (nSPS) is 25.4. The molecule has 4 amide bonds. The van der Waals surface area contributed by atoms with Gasteiger partial charge in [0.15, 0.2) is 0 Å². The number of anilines is 1. The number of carbonyl (C=O) groups excluding carboxylic acids is 4. The SMILES string of the molecule is CC1CCC1C(=O)N1CCC(C)(n2cc(Cc3ccc4c5c(cccc35)C(=O)N4C3CCC(=O)NC3=O)cn2)CC1. The van der Waals surface area contributed by atoms with Crippen LogP contribution < -0.4 is 10.2 Å². The number of imide groups is 1. The number of carbonyl (C=O) groups is 4. The smallest absolute Gasteiger partial charge is 0.259 e.